The molecule has 0 aliphatic carbocycles. The molecule has 0 radical (unpaired) electrons. The average molecular weight is 467 g/mol. The Hall–Kier alpha value is -2.49. The lowest BCUT2D eigenvalue weighted by Crippen LogP contribution is -2.18. The van der Waals surface area contributed by atoms with E-state index < -0.39 is 0 Å². The molecule has 32 heavy (non-hydrogen) atoms. The van der Waals surface area contributed by atoms with Gasteiger partial charge in [0.1, 0.15) is 11.6 Å². The van der Waals surface area contributed by atoms with Crippen LogP contribution in [0, 0.1) is 0 Å². The smallest absolute Gasteiger partial charge is 0.147 e. The number of aromatic nitrogens is 2. The van der Waals surface area contributed by atoms with Gasteiger partial charge in [-0.25, -0.2) is 4.98 Å². The molecule has 3 nitrogen and oxygen atoms in total. The van der Waals surface area contributed by atoms with Gasteiger partial charge < -0.3 is 5.11 Å². The standard InChI is InChI=1S/C27H28Cl2N2O/c1-26(2,3)19-14-17(15-20(24(19)32)27(4,5)6)31-23-10-8-7-9-22(23)30-25(31)18-12-11-16(28)13-21(18)29/h7-15,32H,1-6H3. The summed E-state index contributed by atoms with van der Waals surface area (Å²) < 4.78 is 2.12. The number of benzene rings is 3. The molecule has 0 saturated heterocycles. The van der Waals surface area contributed by atoms with Crippen LogP contribution in [0.1, 0.15) is 52.7 Å². The van der Waals surface area contributed by atoms with Crippen molar-refractivity contribution in [1.29, 1.82) is 0 Å². The highest BCUT2D eigenvalue weighted by Crippen LogP contribution is 2.42. The predicted octanol–water partition coefficient (Wildman–Crippen LogP) is 8.30. The third-order valence-electron chi connectivity index (χ3n) is 5.70. The molecule has 4 aromatic rings. The molecule has 0 amide bonds. The van der Waals surface area contributed by atoms with Crippen molar-refractivity contribution >= 4 is 34.2 Å². The van der Waals surface area contributed by atoms with Gasteiger partial charge in [0.25, 0.3) is 0 Å². The second kappa shape index (κ2) is 7.83. The van der Waals surface area contributed by atoms with Gasteiger partial charge in [-0.3, -0.25) is 4.57 Å². The first-order valence-electron chi connectivity index (χ1n) is 10.7. The van der Waals surface area contributed by atoms with Crippen molar-refractivity contribution in [3.8, 4) is 22.8 Å². The number of imidazole rings is 1. The van der Waals surface area contributed by atoms with Gasteiger partial charge in [-0.2, -0.15) is 0 Å². The molecule has 4 rings (SSSR count). The predicted molar refractivity (Wildman–Crippen MR) is 136 cm³/mol. The summed E-state index contributed by atoms with van der Waals surface area (Å²) in [6, 6.07) is 17.6. The molecule has 3 aromatic carbocycles. The zero-order chi connectivity index (χ0) is 23.4. The maximum atomic E-state index is 11.2. The van der Waals surface area contributed by atoms with Crippen LogP contribution < -0.4 is 0 Å². The fourth-order valence-corrected chi connectivity index (χ4v) is 4.52. The molecule has 0 atom stereocenters. The minimum Gasteiger partial charge on any atom is -0.507 e. The van der Waals surface area contributed by atoms with Crippen molar-refractivity contribution in [1.82, 2.24) is 9.55 Å². The Morgan fingerprint density at radius 2 is 1.41 bits per heavy atom. The van der Waals surface area contributed by atoms with Gasteiger partial charge in [-0.05, 0) is 53.3 Å². The van der Waals surface area contributed by atoms with Crippen LogP contribution >= 0.6 is 23.2 Å². The lowest BCUT2D eigenvalue weighted by atomic mass is 9.79. The second-order valence-electron chi connectivity index (χ2n) is 10.3. The molecular formula is C27H28Cl2N2O. The van der Waals surface area contributed by atoms with E-state index in [0.717, 1.165) is 39.2 Å². The van der Waals surface area contributed by atoms with E-state index >= 15 is 0 Å². The summed E-state index contributed by atoms with van der Waals surface area (Å²) in [7, 11) is 0. The molecule has 1 N–H and O–H groups in total. The average Bonchev–Trinajstić information content (AvgIpc) is 3.05. The van der Waals surface area contributed by atoms with Gasteiger partial charge in [0.15, 0.2) is 0 Å². The summed E-state index contributed by atoms with van der Waals surface area (Å²) in [4.78, 5) is 4.93. The quantitative estimate of drug-likeness (QED) is 0.322. The SMILES string of the molecule is CC(C)(C)c1cc(-n2c(-c3ccc(Cl)cc3Cl)nc3ccccc32)cc(C(C)(C)C)c1O. The van der Waals surface area contributed by atoms with Crippen LogP contribution in [0.5, 0.6) is 5.75 Å². The van der Waals surface area contributed by atoms with Crippen LogP contribution in [0.4, 0.5) is 0 Å². The molecule has 1 aromatic heterocycles. The topological polar surface area (TPSA) is 38.0 Å². The van der Waals surface area contributed by atoms with Gasteiger partial charge in [-0.1, -0.05) is 76.9 Å². The number of phenolic OH excluding ortho intramolecular Hbond substituents is 1. The van der Waals surface area contributed by atoms with Crippen molar-refractivity contribution in [3.63, 3.8) is 0 Å². The number of para-hydroxylation sites is 2. The number of aromatic hydroxyl groups is 1. The van der Waals surface area contributed by atoms with Crippen LogP contribution in [-0.2, 0) is 10.8 Å². The second-order valence-corrected chi connectivity index (χ2v) is 11.1. The first kappa shape index (κ1) is 22.7. The molecule has 0 aliphatic rings. The van der Waals surface area contributed by atoms with Gasteiger partial charge in [0.2, 0.25) is 0 Å². The monoisotopic (exact) mass is 466 g/mol. The third kappa shape index (κ3) is 4.00. The van der Waals surface area contributed by atoms with Crippen molar-refractivity contribution in [3.05, 3.63) is 75.8 Å². The minimum absolute atomic E-state index is 0.242. The largest absolute Gasteiger partial charge is 0.507 e. The number of hydrogen-bond acceptors (Lipinski definition) is 2. The Morgan fingerprint density at radius 3 is 1.97 bits per heavy atom. The summed E-state index contributed by atoms with van der Waals surface area (Å²) >= 11 is 12.8. The van der Waals surface area contributed by atoms with E-state index in [1.165, 1.54) is 0 Å². The molecule has 0 unspecified atom stereocenters. The Bertz CT molecular complexity index is 1290. The molecule has 0 aliphatic heterocycles. The first-order valence-corrected chi connectivity index (χ1v) is 11.4. The van der Waals surface area contributed by atoms with Crippen LogP contribution in [0.2, 0.25) is 10.0 Å². The number of halogens is 2. The molecule has 5 heteroatoms. The van der Waals surface area contributed by atoms with Crippen LogP contribution in [0.3, 0.4) is 0 Å². The molecule has 0 saturated carbocycles. The van der Waals surface area contributed by atoms with E-state index in [-0.39, 0.29) is 10.8 Å². The molecule has 0 spiro atoms. The molecule has 0 fully saturated rings. The number of fused-ring (bicyclic) bond motifs is 1. The first-order chi connectivity index (χ1) is 14.9. The van der Waals surface area contributed by atoms with Gasteiger partial charge in [0.05, 0.1) is 16.1 Å². The van der Waals surface area contributed by atoms with E-state index in [9.17, 15) is 5.11 Å². The fraction of sp³-hybridized carbons (Fsp3) is 0.296. The van der Waals surface area contributed by atoms with E-state index in [1.807, 2.05) is 30.3 Å². The van der Waals surface area contributed by atoms with Crippen LogP contribution in [0.25, 0.3) is 28.1 Å². The summed E-state index contributed by atoms with van der Waals surface area (Å²) in [5.74, 6) is 1.09. The van der Waals surface area contributed by atoms with E-state index in [2.05, 4.69) is 64.3 Å². The number of phenols is 1. The summed E-state index contributed by atoms with van der Waals surface area (Å²) in [6.45, 7) is 12.7. The Kier molecular flexibility index (Phi) is 5.55. The number of rotatable bonds is 2. The lowest BCUT2D eigenvalue weighted by Gasteiger charge is -2.28. The van der Waals surface area contributed by atoms with Gasteiger partial charge in [-0.15, -0.1) is 0 Å². The van der Waals surface area contributed by atoms with Crippen LogP contribution in [0.15, 0.2) is 54.6 Å². The third-order valence-corrected chi connectivity index (χ3v) is 6.25. The highest BCUT2D eigenvalue weighted by Gasteiger charge is 2.28. The van der Waals surface area contributed by atoms with Crippen molar-refractivity contribution in [2.45, 2.75) is 52.4 Å². The van der Waals surface area contributed by atoms with E-state index in [1.54, 1.807) is 6.07 Å². The molecule has 1 heterocycles. The summed E-state index contributed by atoms with van der Waals surface area (Å²) in [5.41, 5.74) is 4.89. The van der Waals surface area contributed by atoms with Crippen LogP contribution in [-0.4, -0.2) is 14.7 Å². The van der Waals surface area contributed by atoms with E-state index in [4.69, 9.17) is 28.2 Å². The van der Waals surface area contributed by atoms with Gasteiger partial charge in [0, 0.05) is 27.4 Å². The van der Waals surface area contributed by atoms with Crippen molar-refractivity contribution < 1.29 is 5.11 Å². The fourth-order valence-electron chi connectivity index (χ4n) is 4.03. The summed E-state index contributed by atoms with van der Waals surface area (Å²) in [5, 5.41) is 12.3. The highest BCUT2D eigenvalue weighted by atomic mass is 35.5. The van der Waals surface area contributed by atoms with Crippen molar-refractivity contribution in [2.24, 2.45) is 0 Å². The number of hydrogen-bond donors (Lipinski definition) is 1. The minimum atomic E-state index is -0.242. The zero-order valence-corrected chi connectivity index (χ0v) is 20.8. The molecule has 166 valence electrons. The molecular weight excluding hydrogens is 439 g/mol. The number of nitrogens with zero attached hydrogens (tertiary/aromatic N) is 2. The normalized spacial score (nSPS) is 12.5. The van der Waals surface area contributed by atoms with Crippen molar-refractivity contribution in [2.75, 3.05) is 0 Å². The summed E-state index contributed by atoms with van der Waals surface area (Å²) in [6.07, 6.45) is 0. The Morgan fingerprint density at radius 1 is 0.812 bits per heavy atom. The lowest BCUT2D eigenvalue weighted by molar-refractivity contribution is 0.423. The zero-order valence-electron chi connectivity index (χ0n) is 19.3. The maximum absolute atomic E-state index is 11.2. The Balaban J connectivity index is 2.12. The Labute approximate surface area is 199 Å². The van der Waals surface area contributed by atoms with E-state index in [0.29, 0.717) is 15.8 Å². The van der Waals surface area contributed by atoms with Gasteiger partial charge >= 0.3 is 0 Å². The highest BCUT2D eigenvalue weighted by molar-refractivity contribution is 6.36. The molecule has 0 bridgehead atoms. The maximum Gasteiger partial charge on any atom is 0.147 e.